The number of phenolic OH excluding ortho intramolecular Hbond substituents is 1. The molecule has 6 nitrogen and oxygen atoms in total. The average molecular weight is 481 g/mol. The van der Waals surface area contributed by atoms with E-state index in [2.05, 4.69) is 43.7 Å². The molecule has 160 valence electrons. The highest BCUT2D eigenvalue weighted by molar-refractivity contribution is 9.10. The largest absolute Gasteiger partial charge is 0.508 e. The van der Waals surface area contributed by atoms with Crippen LogP contribution in [0.2, 0.25) is 0 Å². The van der Waals surface area contributed by atoms with Gasteiger partial charge in [0.2, 0.25) is 0 Å². The molecule has 2 heterocycles. The first-order valence-electron chi connectivity index (χ1n) is 10.3. The molecule has 31 heavy (non-hydrogen) atoms. The molecule has 1 aliphatic rings. The van der Waals surface area contributed by atoms with Crippen molar-refractivity contribution in [2.45, 2.75) is 32.5 Å². The normalized spacial score (nSPS) is 19.5. The maximum Gasteiger partial charge on any atom is 0.121 e. The van der Waals surface area contributed by atoms with Crippen LogP contribution in [0.1, 0.15) is 23.6 Å². The predicted octanol–water partition coefficient (Wildman–Crippen LogP) is 3.95. The highest BCUT2D eigenvalue weighted by Crippen LogP contribution is 2.33. The number of halogens is 1. The van der Waals surface area contributed by atoms with Crippen molar-refractivity contribution in [1.82, 2.24) is 9.88 Å². The van der Waals surface area contributed by atoms with Gasteiger partial charge >= 0.3 is 0 Å². The van der Waals surface area contributed by atoms with Gasteiger partial charge in [-0.3, -0.25) is 9.88 Å². The molecule has 2 aromatic carbocycles. The van der Waals surface area contributed by atoms with Gasteiger partial charge in [-0.15, -0.1) is 0 Å². The summed E-state index contributed by atoms with van der Waals surface area (Å²) in [4.78, 5) is 8.94. The summed E-state index contributed by atoms with van der Waals surface area (Å²) in [6, 6.07) is 13.7. The number of benzene rings is 2. The van der Waals surface area contributed by atoms with Crippen molar-refractivity contribution in [3.8, 4) is 11.8 Å². The summed E-state index contributed by atoms with van der Waals surface area (Å²) in [6.45, 7) is 6.14. The van der Waals surface area contributed by atoms with Gasteiger partial charge in [0, 0.05) is 53.0 Å². The molecule has 4 rings (SSSR count). The first-order chi connectivity index (χ1) is 14.9. The number of nitriles is 1. The van der Waals surface area contributed by atoms with Gasteiger partial charge in [0.15, 0.2) is 0 Å². The lowest BCUT2D eigenvalue weighted by atomic mass is 10.0. The van der Waals surface area contributed by atoms with Gasteiger partial charge < -0.3 is 15.1 Å². The van der Waals surface area contributed by atoms with Crippen molar-refractivity contribution < 1.29 is 10.2 Å². The van der Waals surface area contributed by atoms with E-state index in [1.54, 1.807) is 12.3 Å². The molecule has 2 atom stereocenters. The second-order valence-corrected chi connectivity index (χ2v) is 8.99. The van der Waals surface area contributed by atoms with Crippen LogP contribution >= 0.6 is 15.9 Å². The van der Waals surface area contributed by atoms with E-state index in [9.17, 15) is 15.5 Å². The molecule has 1 saturated heterocycles. The van der Waals surface area contributed by atoms with E-state index >= 15 is 0 Å². The molecule has 2 N–H and O–H groups in total. The second kappa shape index (κ2) is 8.83. The van der Waals surface area contributed by atoms with Crippen molar-refractivity contribution in [1.29, 1.82) is 5.26 Å². The third-order valence-corrected chi connectivity index (χ3v) is 6.94. The summed E-state index contributed by atoms with van der Waals surface area (Å²) >= 11 is 3.46. The van der Waals surface area contributed by atoms with Crippen molar-refractivity contribution in [3.63, 3.8) is 0 Å². The third kappa shape index (κ3) is 4.11. The highest BCUT2D eigenvalue weighted by Gasteiger charge is 2.33. The number of pyridine rings is 1. The van der Waals surface area contributed by atoms with Crippen LogP contribution in [0.3, 0.4) is 0 Å². The summed E-state index contributed by atoms with van der Waals surface area (Å²) < 4.78 is 0.881. The lowest BCUT2D eigenvalue weighted by molar-refractivity contribution is 0.0669. The van der Waals surface area contributed by atoms with Crippen molar-refractivity contribution in [2.24, 2.45) is 0 Å². The topological polar surface area (TPSA) is 83.6 Å². The average Bonchev–Trinajstić information content (AvgIpc) is 2.77. The van der Waals surface area contributed by atoms with E-state index < -0.39 is 0 Å². The van der Waals surface area contributed by atoms with Gasteiger partial charge in [-0.2, -0.15) is 5.26 Å². The number of hydrogen-bond acceptors (Lipinski definition) is 6. The Morgan fingerprint density at radius 2 is 2.06 bits per heavy atom. The van der Waals surface area contributed by atoms with Crippen LogP contribution in [0.5, 0.6) is 5.75 Å². The first-order valence-corrected chi connectivity index (χ1v) is 11.1. The summed E-state index contributed by atoms with van der Waals surface area (Å²) in [7, 11) is 0. The Labute approximate surface area is 190 Å². The zero-order valence-corrected chi connectivity index (χ0v) is 19.2. The number of aliphatic hydroxyl groups excluding tert-OH is 1. The van der Waals surface area contributed by atoms with Crippen LogP contribution in [-0.2, 0) is 6.54 Å². The van der Waals surface area contributed by atoms with Crippen molar-refractivity contribution >= 4 is 32.5 Å². The third-order valence-electron chi connectivity index (χ3n) is 6.08. The summed E-state index contributed by atoms with van der Waals surface area (Å²) in [5.74, 6) is 0.257. The number of aromatic nitrogens is 1. The van der Waals surface area contributed by atoms with Gasteiger partial charge in [-0.1, -0.05) is 15.9 Å². The Hall–Kier alpha value is -2.66. The standard InChI is InChI=1S/C24H25BrN4O2/c1-15-8-18(23(31)9-21(15)25)12-29-16(2)11-28(13-19(29)14-30)22-6-5-17(10-26)24-20(22)4-3-7-27-24/h3-9,16,19,30-31H,11-14H2,1-2H3/t16-,19-/m1/s1. The molecule has 0 aliphatic carbocycles. The van der Waals surface area contributed by atoms with E-state index in [1.807, 2.05) is 37.3 Å². The molecule has 1 aromatic heterocycles. The minimum Gasteiger partial charge on any atom is -0.508 e. The summed E-state index contributed by atoms with van der Waals surface area (Å²) in [6.07, 6.45) is 1.71. The molecule has 0 saturated carbocycles. The quantitative estimate of drug-likeness (QED) is 0.587. The minimum atomic E-state index is -0.0885. The Balaban J connectivity index is 1.64. The molecular weight excluding hydrogens is 456 g/mol. The smallest absolute Gasteiger partial charge is 0.121 e. The summed E-state index contributed by atoms with van der Waals surface area (Å²) in [5, 5.41) is 31.0. The van der Waals surface area contributed by atoms with Gasteiger partial charge in [0.1, 0.15) is 11.8 Å². The van der Waals surface area contributed by atoms with E-state index in [0.717, 1.165) is 33.2 Å². The van der Waals surface area contributed by atoms with Gasteiger partial charge in [-0.25, -0.2) is 0 Å². The molecular formula is C24H25BrN4O2. The predicted molar refractivity (Wildman–Crippen MR) is 125 cm³/mol. The van der Waals surface area contributed by atoms with E-state index in [4.69, 9.17) is 0 Å². The van der Waals surface area contributed by atoms with Gasteiger partial charge in [0.25, 0.3) is 0 Å². The Morgan fingerprint density at radius 3 is 2.81 bits per heavy atom. The van der Waals surface area contributed by atoms with Crippen LogP contribution in [0.25, 0.3) is 10.9 Å². The zero-order chi connectivity index (χ0) is 22.1. The first kappa shape index (κ1) is 21.6. The number of aromatic hydroxyl groups is 1. The number of aryl methyl sites for hydroxylation is 1. The Bertz CT molecular complexity index is 1160. The summed E-state index contributed by atoms with van der Waals surface area (Å²) in [5.41, 5.74) is 4.21. The molecule has 0 unspecified atom stereocenters. The monoisotopic (exact) mass is 480 g/mol. The zero-order valence-electron chi connectivity index (χ0n) is 17.6. The Morgan fingerprint density at radius 1 is 1.26 bits per heavy atom. The fraction of sp³-hybridized carbons (Fsp3) is 0.333. The lowest BCUT2D eigenvalue weighted by Crippen LogP contribution is -2.58. The van der Waals surface area contributed by atoms with Crippen LogP contribution < -0.4 is 4.90 Å². The number of aliphatic hydroxyl groups is 1. The van der Waals surface area contributed by atoms with E-state index in [-0.39, 0.29) is 24.4 Å². The van der Waals surface area contributed by atoms with Crippen LogP contribution in [-0.4, -0.2) is 51.9 Å². The van der Waals surface area contributed by atoms with Gasteiger partial charge in [-0.05, 0) is 55.8 Å². The molecule has 0 bridgehead atoms. The molecule has 0 spiro atoms. The highest BCUT2D eigenvalue weighted by atomic mass is 79.9. The van der Waals surface area contributed by atoms with Crippen molar-refractivity contribution in [3.05, 3.63) is 63.8 Å². The van der Waals surface area contributed by atoms with Crippen LogP contribution in [0.15, 0.2) is 47.1 Å². The molecule has 0 radical (unpaired) electrons. The molecule has 7 heteroatoms. The molecule has 1 aliphatic heterocycles. The van der Waals surface area contributed by atoms with Crippen LogP contribution in [0, 0.1) is 18.3 Å². The van der Waals surface area contributed by atoms with E-state index in [1.165, 1.54) is 0 Å². The number of nitrogens with zero attached hydrogens (tertiary/aromatic N) is 4. The fourth-order valence-electron chi connectivity index (χ4n) is 4.44. The lowest BCUT2D eigenvalue weighted by Gasteiger charge is -2.46. The number of hydrogen-bond donors (Lipinski definition) is 2. The Kier molecular flexibility index (Phi) is 6.15. The van der Waals surface area contributed by atoms with E-state index in [0.29, 0.717) is 24.2 Å². The minimum absolute atomic E-state index is 0.0174. The number of phenols is 1. The fourth-order valence-corrected chi connectivity index (χ4v) is 4.77. The number of fused-ring (bicyclic) bond motifs is 1. The number of rotatable bonds is 4. The maximum atomic E-state index is 10.4. The molecule has 0 amide bonds. The number of piperazine rings is 1. The second-order valence-electron chi connectivity index (χ2n) is 8.14. The number of anilines is 1. The molecule has 1 fully saturated rings. The van der Waals surface area contributed by atoms with Gasteiger partial charge in [0.05, 0.1) is 23.7 Å². The maximum absolute atomic E-state index is 10.4. The SMILES string of the molecule is Cc1cc(CN2[C@@H](CO)CN(c3ccc(C#N)c4ncccc34)C[C@H]2C)c(O)cc1Br. The molecule has 3 aromatic rings. The van der Waals surface area contributed by atoms with Crippen LogP contribution in [0.4, 0.5) is 5.69 Å². The van der Waals surface area contributed by atoms with Crippen molar-refractivity contribution in [2.75, 3.05) is 24.6 Å².